The number of halogens is 3. The summed E-state index contributed by atoms with van der Waals surface area (Å²) < 4.78 is 40.2. The van der Waals surface area contributed by atoms with Crippen LogP contribution in [0.5, 0.6) is 5.75 Å². The summed E-state index contributed by atoms with van der Waals surface area (Å²) in [6.45, 7) is 0. The number of nitrogens with zero attached hydrogens (tertiary/aromatic N) is 1. The number of phenols is 1. The minimum Gasteiger partial charge on any atom is -0.507 e. The molecule has 0 heterocycles. The molecular weight excluding hydrogens is 375 g/mol. The zero-order chi connectivity index (χ0) is 20.5. The molecule has 0 aliphatic rings. The van der Waals surface area contributed by atoms with Gasteiger partial charge in [0.05, 0.1) is 22.2 Å². The Morgan fingerprint density at radius 1 is 1.22 bits per heavy atom. The fourth-order valence-electron chi connectivity index (χ4n) is 2.42. The monoisotopic (exact) mass is 385 g/mol. The van der Waals surface area contributed by atoms with Gasteiger partial charge in [0.1, 0.15) is 11.3 Å². The van der Waals surface area contributed by atoms with E-state index in [1.54, 1.807) is 0 Å². The largest absolute Gasteiger partial charge is 0.507 e. The van der Waals surface area contributed by atoms with E-state index in [0.29, 0.717) is 18.2 Å². The van der Waals surface area contributed by atoms with Crippen LogP contribution >= 0.6 is 0 Å². The van der Waals surface area contributed by atoms with Crippen LogP contribution in [0.4, 0.5) is 29.3 Å². The number of hydrogen-bond donors (Lipinski definition) is 4. The zero-order valence-electron chi connectivity index (χ0n) is 13.1. The normalized spacial score (nSPS) is 11.1. The van der Waals surface area contributed by atoms with E-state index in [4.69, 9.17) is 10.8 Å². The maximum Gasteiger partial charge on any atom is 0.417 e. The molecule has 0 unspecified atom stereocenters. The van der Waals surface area contributed by atoms with Crippen molar-refractivity contribution in [3.05, 3.63) is 51.6 Å². The molecule has 12 heteroatoms. The summed E-state index contributed by atoms with van der Waals surface area (Å²) in [5, 5.41) is 32.0. The lowest BCUT2D eigenvalue weighted by Crippen LogP contribution is -2.21. The van der Waals surface area contributed by atoms with Crippen molar-refractivity contribution in [2.24, 2.45) is 5.73 Å². The van der Waals surface area contributed by atoms with Crippen LogP contribution in [0.25, 0.3) is 11.1 Å². The number of rotatable bonds is 4. The van der Waals surface area contributed by atoms with Crippen molar-refractivity contribution >= 4 is 23.4 Å². The Hall–Kier alpha value is -3.83. The van der Waals surface area contributed by atoms with E-state index in [1.165, 1.54) is 0 Å². The molecule has 142 valence electrons. The van der Waals surface area contributed by atoms with Crippen molar-refractivity contribution in [2.75, 3.05) is 5.32 Å². The first-order chi connectivity index (χ1) is 12.4. The Bertz CT molecular complexity index is 959. The number of hydrogen-bond acceptors (Lipinski definition) is 5. The molecular formula is C15H10F3N3O6. The van der Waals surface area contributed by atoms with Crippen molar-refractivity contribution in [1.29, 1.82) is 0 Å². The number of nitro groups is 1. The number of aromatic carboxylic acids is 1. The number of carbonyl (C=O) groups is 2. The highest BCUT2D eigenvalue weighted by atomic mass is 19.4. The summed E-state index contributed by atoms with van der Waals surface area (Å²) in [6.07, 6.45) is -4.96. The Labute approximate surface area is 148 Å². The zero-order valence-corrected chi connectivity index (χ0v) is 13.1. The van der Waals surface area contributed by atoms with E-state index in [0.717, 1.165) is 12.1 Å². The highest BCUT2D eigenvalue weighted by Crippen LogP contribution is 2.45. The van der Waals surface area contributed by atoms with Gasteiger partial charge in [-0.2, -0.15) is 13.2 Å². The standard InChI is InChI=1S/C15H10F3N3O6/c16-15(17,18)8-2-1-3-9(20-14(19)25)12(8)7-4-6(13(23)24)10(21(26)27)5-11(7)22/h1-5,22H,(H,23,24)(H3,19,20,25). The number of nitrogens with two attached hydrogens (primary N) is 1. The number of anilines is 1. The molecule has 2 amide bonds. The molecule has 0 fully saturated rings. The number of carbonyl (C=O) groups excluding carboxylic acids is 1. The minimum absolute atomic E-state index is 0.417. The first-order valence-electron chi connectivity index (χ1n) is 6.95. The summed E-state index contributed by atoms with van der Waals surface area (Å²) >= 11 is 0. The fraction of sp³-hybridized carbons (Fsp3) is 0.0667. The second kappa shape index (κ2) is 6.82. The number of primary amides is 1. The van der Waals surface area contributed by atoms with Crippen LogP contribution in [-0.4, -0.2) is 27.1 Å². The minimum atomic E-state index is -4.96. The Morgan fingerprint density at radius 3 is 2.33 bits per heavy atom. The molecule has 0 aromatic heterocycles. The van der Waals surface area contributed by atoms with Gasteiger partial charge in [-0.25, -0.2) is 9.59 Å². The highest BCUT2D eigenvalue weighted by molar-refractivity contribution is 5.99. The maximum atomic E-state index is 13.4. The SMILES string of the molecule is NC(=O)Nc1cccc(C(F)(F)F)c1-c1cc(C(=O)O)c([N+](=O)[O-])cc1O. The average Bonchev–Trinajstić information content (AvgIpc) is 2.53. The number of benzene rings is 2. The van der Waals surface area contributed by atoms with Crippen LogP contribution in [0.15, 0.2) is 30.3 Å². The molecule has 2 aromatic rings. The second-order valence-electron chi connectivity index (χ2n) is 5.16. The lowest BCUT2D eigenvalue weighted by molar-refractivity contribution is -0.385. The molecule has 2 aromatic carbocycles. The quantitative estimate of drug-likeness (QED) is 0.468. The van der Waals surface area contributed by atoms with E-state index >= 15 is 0 Å². The number of nitrogens with one attached hydrogen (secondary N) is 1. The van der Waals surface area contributed by atoms with E-state index in [-0.39, 0.29) is 0 Å². The molecule has 0 aliphatic carbocycles. The van der Waals surface area contributed by atoms with E-state index < -0.39 is 62.5 Å². The van der Waals surface area contributed by atoms with Gasteiger partial charge in [-0.15, -0.1) is 0 Å². The van der Waals surface area contributed by atoms with E-state index in [1.807, 2.05) is 5.32 Å². The van der Waals surface area contributed by atoms with Gasteiger partial charge in [-0.1, -0.05) is 6.07 Å². The molecule has 5 N–H and O–H groups in total. The third-order valence-electron chi connectivity index (χ3n) is 3.44. The van der Waals surface area contributed by atoms with Gasteiger partial charge in [0, 0.05) is 11.1 Å². The van der Waals surface area contributed by atoms with E-state index in [9.17, 15) is 38.0 Å². The van der Waals surface area contributed by atoms with Crippen molar-refractivity contribution in [1.82, 2.24) is 0 Å². The molecule has 0 saturated heterocycles. The van der Waals surface area contributed by atoms with Gasteiger partial charge < -0.3 is 21.3 Å². The lowest BCUT2D eigenvalue weighted by atomic mass is 9.94. The number of alkyl halides is 3. The summed E-state index contributed by atoms with van der Waals surface area (Å²) in [7, 11) is 0. The van der Waals surface area contributed by atoms with Crippen molar-refractivity contribution < 1.29 is 37.9 Å². The lowest BCUT2D eigenvalue weighted by Gasteiger charge is -2.18. The number of amides is 2. The molecule has 27 heavy (non-hydrogen) atoms. The van der Waals surface area contributed by atoms with Gasteiger partial charge in [0.2, 0.25) is 0 Å². The van der Waals surface area contributed by atoms with Crippen LogP contribution in [0.3, 0.4) is 0 Å². The molecule has 0 bridgehead atoms. The molecule has 0 atom stereocenters. The Kier molecular flexibility index (Phi) is 4.92. The summed E-state index contributed by atoms with van der Waals surface area (Å²) in [4.78, 5) is 32.2. The molecule has 0 radical (unpaired) electrons. The van der Waals surface area contributed by atoms with Gasteiger partial charge in [-0.3, -0.25) is 10.1 Å². The first kappa shape index (κ1) is 19.5. The number of nitro benzene ring substituents is 1. The molecule has 0 aliphatic heterocycles. The molecule has 2 rings (SSSR count). The maximum absolute atomic E-state index is 13.4. The highest BCUT2D eigenvalue weighted by Gasteiger charge is 2.36. The third-order valence-corrected chi connectivity index (χ3v) is 3.44. The van der Waals surface area contributed by atoms with Crippen molar-refractivity contribution in [3.63, 3.8) is 0 Å². The smallest absolute Gasteiger partial charge is 0.417 e. The number of urea groups is 1. The number of phenolic OH excluding ortho intramolecular Hbond substituents is 1. The topological polar surface area (TPSA) is 156 Å². The van der Waals surface area contributed by atoms with Crippen LogP contribution in [0.1, 0.15) is 15.9 Å². The third kappa shape index (κ3) is 3.89. The average molecular weight is 385 g/mol. The van der Waals surface area contributed by atoms with Crippen LogP contribution < -0.4 is 11.1 Å². The Balaban J connectivity index is 2.92. The van der Waals surface area contributed by atoms with Gasteiger partial charge in [-0.05, 0) is 18.2 Å². The Morgan fingerprint density at radius 2 is 1.85 bits per heavy atom. The van der Waals surface area contributed by atoms with Gasteiger partial charge >= 0.3 is 18.2 Å². The van der Waals surface area contributed by atoms with E-state index in [2.05, 4.69) is 0 Å². The number of carboxylic acid groups (broad SMARTS) is 1. The predicted molar refractivity (Wildman–Crippen MR) is 85.4 cm³/mol. The van der Waals surface area contributed by atoms with Crippen molar-refractivity contribution in [2.45, 2.75) is 6.18 Å². The molecule has 0 spiro atoms. The first-order valence-corrected chi connectivity index (χ1v) is 6.95. The number of carboxylic acids is 1. The van der Waals surface area contributed by atoms with Crippen LogP contribution in [0, 0.1) is 10.1 Å². The van der Waals surface area contributed by atoms with Crippen LogP contribution in [-0.2, 0) is 6.18 Å². The predicted octanol–water partition coefficient (Wildman–Crippen LogP) is 3.18. The second-order valence-corrected chi connectivity index (χ2v) is 5.16. The summed E-state index contributed by atoms with van der Waals surface area (Å²) in [5.41, 5.74) is -0.309. The summed E-state index contributed by atoms with van der Waals surface area (Å²) in [6, 6.07) is 2.35. The fourth-order valence-corrected chi connectivity index (χ4v) is 2.42. The van der Waals surface area contributed by atoms with Crippen LogP contribution in [0.2, 0.25) is 0 Å². The van der Waals surface area contributed by atoms with Gasteiger partial charge in [0.25, 0.3) is 5.69 Å². The molecule has 0 saturated carbocycles. The summed E-state index contributed by atoms with van der Waals surface area (Å²) in [5.74, 6) is -2.78. The molecule has 9 nitrogen and oxygen atoms in total. The van der Waals surface area contributed by atoms with Crippen molar-refractivity contribution in [3.8, 4) is 16.9 Å². The van der Waals surface area contributed by atoms with Gasteiger partial charge in [0.15, 0.2) is 0 Å². The number of aromatic hydroxyl groups is 1.